The summed E-state index contributed by atoms with van der Waals surface area (Å²) in [5, 5.41) is 15.5. The van der Waals surface area contributed by atoms with Crippen LogP contribution in [-0.4, -0.2) is 38.1 Å². The highest BCUT2D eigenvalue weighted by Gasteiger charge is 2.30. The van der Waals surface area contributed by atoms with Crippen LogP contribution in [0, 0.1) is 23.1 Å². The topological polar surface area (TPSA) is 130 Å². The van der Waals surface area contributed by atoms with Crippen molar-refractivity contribution in [3.8, 4) is 17.3 Å². The maximum absolute atomic E-state index is 13.8. The van der Waals surface area contributed by atoms with Crippen LogP contribution in [0.3, 0.4) is 0 Å². The van der Waals surface area contributed by atoms with Crippen LogP contribution in [0.15, 0.2) is 30.5 Å². The second kappa shape index (κ2) is 8.24. The third-order valence-corrected chi connectivity index (χ3v) is 5.19. The number of carbonyl (C=O) groups is 2. The van der Waals surface area contributed by atoms with Gasteiger partial charge >= 0.3 is 6.03 Å². The molecule has 9 nitrogen and oxygen atoms in total. The number of carbonyl (C=O) groups excluding carboxylic acids is 2. The summed E-state index contributed by atoms with van der Waals surface area (Å²) < 4.78 is 28.8. The molecule has 0 radical (unpaired) electrons. The Morgan fingerprint density at radius 2 is 2.03 bits per heavy atom. The van der Waals surface area contributed by atoms with Gasteiger partial charge in [-0.15, -0.1) is 0 Å². The number of rotatable bonds is 3. The molecular formula is C20H14ClF2N7O2. The van der Waals surface area contributed by atoms with Crippen LogP contribution in [-0.2, 0) is 13.1 Å². The molecule has 2 aromatic heterocycles. The minimum absolute atomic E-state index is 0.00176. The van der Waals surface area contributed by atoms with Crippen LogP contribution in [0.25, 0.3) is 11.3 Å². The molecule has 0 spiro atoms. The van der Waals surface area contributed by atoms with E-state index in [-0.39, 0.29) is 47.2 Å². The Hall–Kier alpha value is -4.04. The summed E-state index contributed by atoms with van der Waals surface area (Å²) >= 11 is 5.80. The molecule has 162 valence electrons. The highest BCUT2D eigenvalue weighted by atomic mass is 35.5. The van der Waals surface area contributed by atoms with Crippen molar-refractivity contribution in [2.75, 3.05) is 11.9 Å². The number of urea groups is 1. The van der Waals surface area contributed by atoms with E-state index in [0.29, 0.717) is 11.3 Å². The van der Waals surface area contributed by atoms with Crippen LogP contribution in [0.1, 0.15) is 21.6 Å². The lowest BCUT2D eigenvalue weighted by Gasteiger charge is -2.28. The van der Waals surface area contributed by atoms with Crippen molar-refractivity contribution in [1.29, 1.82) is 5.26 Å². The number of amides is 3. The van der Waals surface area contributed by atoms with Crippen LogP contribution >= 0.6 is 11.6 Å². The van der Waals surface area contributed by atoms with Crippen molar-refractivity contribution in [1.82, 2.24) is 19.7 Å². The molecule has 0 unspecified atom stereocenters. The number of fused-ring (bicyclic) bond motifs is 1. The van der Waals surface area contributed by atoms with Gasteiger partial charge in [0.25, 0.3) is 5.91 Å². The van der Waals surface area contributed by atoms with Gasteiger partial charge in [0.1, 0.15) is 17.6 Å². The Bertz CT molecular complexity index is 1300. The second-order valence-corrected chi connectivity index (χ2v) is 7.32. The SMILES string of the molecule is N#Cc1ccc(NC(=O)N2CCn3nc(-c4cnc(F)c(Cl)c4)c(C(N)=O)c3C2)cc1F. The Labute approximate surface area is 185 Å². The lowest BCUT2D eigenvalue weighted by molar-refractivity contribution is 0.0997. The van der Waals surface area contributed by atoms with E-state index in [1.165, 1.54) is 34.0 Å². The van der Waals surface area contributed by atoms with Crippen molar-refractivity contribution < 1.29 is 18.4 Å². The molecule has 0 fully saturated rings. The molecule has 1 aliphatic heterocycles. The van der Waals surface area contributed by atoms with Gasteiger partial charge in [0.2, 0.25) is 5.95 Å². The summed E-state index contributed by atoms with van der Waals surface area (Å²) in [5.41, 5.74) is 6.54. The molecule has 0 atom stereocenters. The number of primary amides is 1. The fraction of sp³-hybridized carbons (Fsp3) is 0.150. The third-order valence-electron chi connectivity index (χ3n) is 4.92. The largest absolute Gasteiger partial charge is 0.365 e. The maximum Gasteiger partial charge on any atom is 0.322 e. The molecule has 3 heterocycles. The van der Waals surface area contributed by atoms with Gasteiger partial charge in [0.15, 0.2) is 0 Å². The van der Waals surface area contributed by atoms with Crippen LogP contribution < -0.4 is 11.1 Å². The number of hydrogen-bond donors (Lipinski definition) is 2. The zero-order valence-electron chi connectivity index (χ0n) is 16.3. The fourth-order valence-corrected chi connectivity index (χ4v) is 3.56. The summed E-state index contributed by atoms with van der Waals surface area (Å²) in [5.74, 6) is -2.39. The molecule has 1 aromatic carbocycles. The Morgan fingerprint density at radius 1 is 1.25 bits per heavy atom. The standard InChI is InChI=1S/C20H14ClF2N7O2/c21-13-5-11(8-26-18(13)23)17-16(19(25)31)15-9-29(3-4-30(15)28-17)20(32)27-12-2-1-10(7-24)14(22)6-12/h1-2,5-6,8H,3-4,9H2,(H2,25,31)(H,27,32). The number of anilines is 1. The highest BCUT2D eigenvalue weighted by molar-refractivity contribution is 6.30. The number of hydrogen-bond acceptors (Lipinski definition) is 5. The van der Waals surface area contributed by atoms with E-state index in [1.807, 2.05) is 0 Å². The number of nitriles is 1. The monoisotopic (exact) mass is 457 g/mol. The highest BCUT2D eigenvalue weighted by Crippen LogP contribution is 2.30. The molecule has 3 N–H and O–H groups in total. The molecule has 12 heteroatoms. The number of pyridine rings is 1. The summed E-state index contributed by atoms with van der Waals surface area (Å²) in [4.78, 5) is 29.8. The van der Waals surface area contributed by atoms with E-state index < -0.39 is 23.7 Å². The molecule has 0 aliphatic carbocycles. The number of halogens is 3. The third kappa shape index (κ3) is 3.83. The van der Waals surface area contributed by atoms with Crippen molar-refractivity contribution >= 4 is 29.2 Å². The maximum atomic E-state index is 13.8. The predicted molar refractivity (Wildman–Crippen MR) is 109 cm³/mol. The Balaban J connectivity index is 1.61. The van der Waals surface area contributed by atoms with Gasteiger partial charge in [0.05, 0.1) is 34.9 Å². The Kier molecular flexibility index (Phi) is 5.46. The van der Waals surface area contributed by atoms with Gasteiger partial charge in [-0.3, -0.25) is 9.48 Å². The second-order valence-electron chi connectivity index (χ2n) is 6.91. The van der Waals surface area contributed by atoms with E-state index in [2.05, 4.69) is 15.4 Å². The van der Waals surface area contributed by atoms with Crippen LogP contribution in [0.5, 0.6) is 0 Å². The summed E-state index contributed by atoms with van der Waals surface area (Å²) in [7, 11) is 0. The average Bonchev–Trinajstić information content (AvgIpc) is 3.14. The first-order chi connectivity index (χ1) is 15.3. The smallest absolute Gasteiger partial charge is 0.322 e. The molecule has 32 heavy (non-hydrogen) atoms. The Morgan fingerprint density at radius 3 is 2.69 bits per heavy atom. The summed E-state index contributed by atoms with van der Waals surface area (Å²) in [6.07, 6.45) is 1.19. The van der Waals surface area contributed by atoms with Gasteiger partial charge in [-0.1, -0.05) is 11.6 Å². The van der Waals surface area contributed by atoms with E-state index in [4.69, 9.17) is 22.6 Å². The number of benzene rings is 1. The predicted octanol–water partition coefficient (Wildman–Crippen LogP) is 2.89. The number of nitrogens with two attached hydrogens (primary N) is 1. The quantitative estimate of drug-likeness (QED) is 0.584. The molecule has 0 saturated carbocycles. The minimum atomic E-state index is -0.859. The van der Waals surface area contributed by atoms with Gasteiger partial charge < -0.3 is 16.0 Å². The fourth-order valence-electron chi connectivity index (χ4n) is 3.39. The van der Waals surface area contributed by atoms with Gasteiger partial charge in [0, 0.05) is 24.0 Å². The lowest BCUT2D eigenvalue weighted by Crippen LogP contribution is -2.41. The summed E-state index contributed by atoms with van der Waals surface area (Å²) in [6, 6.07) is 6.17. The normalized spacial score (nSPS) is 12.8. The first-order valence-electron chi connectivity index (χ1n) is 9.25. The molecule has 0 saturated heterocycles. The lowest BCUT2D eigenvalue weighted by atomic mass is 10.1. The molecule has 3 aromatic rings. The van der Waals surface area contributed by atoms with Crippen LogP contribution in [0.4, 0.5) is 19.3 Å². The first-order valence-corrected chi connectivity index (χ1v) is 9.62. The van der Waals surface area contributed by atoms with Crippen molar-refractivity contribution in [2.24, 2.45) is 5.73 Å². The number of nitrogens with one attached hydrogen (secondary N) is 1. The summed E-state index contributed by atoms with van der Waals surface area (Å²) in [6.45, 7) is 0.505. The van der Waals surface area contributed by atoms with Crippen molar-refractivity contribution in [3.63, 3.8) is 0 Å². The molecule has 0 bridgehead atoms. The van der Waals surface area contributed by atoms with E-state index in [9.17, 15) is 18.4 Å². The van der Waals surface area contributed by atoms with E-state index in [1.54, 1.807) is 6.07 Å². The van der Waals surface area contributed by atoms with Gasteiger partial charge in [-0.25, -0.2) is 14.2 Å². The zero-order chi connectivity index (χ0) is 23.0. The van der Waals surface area contributed by atoms with Gasteiger partial charge in [-0.2, -0.15) is 14.8 Å². The number of nitrogens with zero attached hydrogens (tertiary/aromatic N) is 5. The molecule has 3 amide bonds. The molecule has 1 aliphatic rings. The zero-order valence-corrected chi connectivity index (χ0v) is 17.0. The molecule has 4 rings (SSSR count). The first kappa shape index (κ1) is 21.2. The van der Waals surface area contributed by atoms with Gasteiger partial charge in [-0.05, 0) is 24.3 Å². The number of aromatic nitrogens is 3. The molecular weight excluding hydrogens is 444 g/mol. The van der Waals surface area contributed by atoms with Crippen molar-refractivity contribution in [2.45, 2.75) is 13.1 Å². The van der Waals surface area contributed by atoms with E-state index >= 15 is 0 Å². The van der Waals surface area contributed by atoms with E-state index in [0.717, 1.165) is 6.07 Å². The minimum Gasteiger partial charge on any atom is -0.365 e. The average molecular weight is 458 g/mol. The van der Waals surface area contributed by atoms with Crippen molar-refractivity contribution in [3.05, 3.63) is 64.1 Å². The van der Waals surface area contributed by atoms with Crippen LogP contribution in [0.2, 0.25) is 5.02 Å².